The number of nitriles is 1. The van der Waals surface area contributed by atoms with Crippen molar-refractivity contribution in [2.75, 3.05) is 12.0 Å². The van der Waals surface area contributed by atoms with Crippen molar-refractivity contribution < 1.29 is 21.0 Å². The van der Waals surface area contributed by atoms with E-state index in [1.165, 1.54) is 18.2 Å². The number of aryl methyl sites for hydroxylation is 1. The molecule has 0 saturated heterocycles. The van der Waals surface area contributed by atoms with Gasteiger partial charge in [0.15, 0.2) is 15.6 Å². The van der Waals surface area contributed by atoms with Crippen LogP contribution in [0.3, 0.4) is 0 Å². The highest BCUT2D eigenvalue weighted by atomic mass is 32.2. The van der Waals surface area contributed by atoms with Gasteiger partial charge in [0, 0.05) is 11.7 Å². The molecule has 2 aromatic carbocycles. The molecule has 6 nitrogen and oxygen atoms in total. The van der Waals surface area contributed by atoms with Crippen LogP contribution in [-0.2, 0) is 26.4 Å². The molecule has 8 heteroatoms. The second-order valence-electron chi connectivity index (χ2n) is 5.58. The number of hydrogen-bond donors (Lipinski definition) is 0. The fourth-order valence-corrected chi connectivity index (χ4v) is 3.50. The molecular formula is C18H17NO5S2. The number of benzene rings is 2. The van der Waals surface area contributed by atoms with E-state index in [4.69, 9.17) is 9.44 Å². The molecule has 0 atom stereocenters. The van der Waals surface area contributed by atoms with Gasteiger partial charge in [-0.2, -0.15) is 13.7 Å². The second-order valence-corrected chi connectivity index (χ2v) is 9.20. The van der Waals surface area contributed by atoms with Crippen molar-refractivity contribution in [3.63, 3.8) is 0 Å². The summed E-state index contributed by atoms with van der Waals surface area (Å²) in [5.74, 6) is -0.272. The van der Waals surface area contributed by atoms with Gasteiger partial charge >= 0.3 is 10.1 Å². The van der Waals surface area contributed by atoms with Gasteiger partial charge in [-0.15, -0.1) is 0 Å². The highest BCUT2D eigenvalue weighted by Crippen LogP contribution is 2.19. The highest BCUT2D eigenvalue weighted by Gasteiger charge is 2.15. The zero-order valence-electron chi connectivity index (χ0n) is 14.0. The van der Waals surface area contributed by atoms with E-state index >= 15 is 0 Å². The minimum Gasteiger partial charge on any atom is -0.381 e. The summed E-state index contributed by atoms with van der Waals surface area (Å²) in [4.78, 5) is 0. The van der Waals surface area contributed by atoms with Crippen LogP contribution < -0.4 is 4.18 Å². The minimum absolute atomic E-state index is 0.000151. The smallest absolute Gasteiger partial charge is 0.309 e. The molecule has 0 heterocycles. The molecule has 0 fully saturated rings. The van der Waals surface area contributed by atoms with E-state index in [-0.39, 0.29) is 23.5 Å². The molecule has 136 valence electrons. The summed E-state index contributed by atoms with van der Waals surface area (Å²) in [5, 5.41) is 10.1. The Morgan fingerprint density at radius 1 is 1.08 bits per heavy atom. The van der Waals surface area contributed by atoms with Crippen molar-refractivity contribution in [2.45, 2.75) is 6.42 Å². The summed E-state index contributed by atoms with van der Waals surface area (Å²) in [6, 6.07) is 14.9. The molecule has 2 rings (SSSR count). The first-order valence-corrected chi connectivity index (χ1v) is 11.1. The van der Waals surface area contributed by atoms with E-state index in [1.54, 1.807) is 36.4 Å². The number of para-hydroxylation sites is 1. The van der Waals surface area contributed by atoms with Crippen LogP contribution in [0.1, 0.15) is 16.7 Å². The molecule has 0 spiro atoms. The van der Waals surface area contributed by atoms with E-state index in [0.717, 1.165) is 17.2 Å². The summed E-state index contributed by atoms with van der Waals surface area (Å²) in [5.41, 5.74) is 1.52. The van der Waals surface area contributed by atoms with Gasteiger partial charge in [-0.05, 0) is 35.8 Å². The van der Waals surface area contributed by atoms with Gasteiger partial charge in [0.2, 0.25) is 0 Å². The van der Waals surface area contributed by atoms with Crippen molar-refractivity contribution in [1.82, 2.24) is 0 Å². The van der Waals surface area contributed by atoms with Crippen LogP contribution in [0, 0.1) is 11.3 Å². The van der Waals surface area contributed by atoms with Crippen molar-refractivity contribution in [1.29, 1.82) is 5.26 Å². The molecule has 0 aliphatic rings. The lowest BCUT2D eigenvalue weighted by Crippen LogP contribution is -2.16. The Hall–Kier alpha value is -2.63. The first-order chi connectivity index (χ1) is 12.2. The van der Waals surface area contributed by atoms with Crippen LogP contribution in [-0.4, -0.2) is 28.8 Å². The van der Waals surface area contributed by atoms with Crippen LogP contribution >= 0.6 is 0 Å². The van der Waals surface area contributed by atoms with Crippen molar-refractivity contribution >= 4 is 26.0 Å². The van der Waals surface area contributed by atoms with Crippen molar-refractivity contribution in [2.24, 2.45) is 0 Å². The summed E-state index contributed by atoms with van der Waals surface area (Å²) >= 11 is 0. The number of sulfone groups is 1. The van der Waals surface area contributed by atoms with Crippen LogP contribution in [0.25, 0.3) is 6.08 Å². The quantitative estimate of drug-likeness (QED) is 0.672. The summed E-state index contributed by atoms with van der Waals surface area (Å²) in [6.45, 7) is 0. The third kappa shape index (κ3) is 6.35. The largest absolute Gasteiger partial charge is 0.381 e. The fraction of sp³-hybridized carbons (Fsp3) is 0.167. The predicted octanol–water partition coefficient (Wildman–Crippen LogP) is 2.52. The van der Waals surface area contributed by atoms with Gasteiger partial charge in [-0.3, -0.25) is 0 Å². The third-order valence-corrected chi connectivity index (χ3v) is 5.09. The standard InChI is InChI=1S/C18H17NO5S2/c1-25(20,21)11-9-15-5-4-6-16(13-15)10-12-26(22,23)24-18-8-3-2-7-17(18)14-19/h2-9,11,13H,10,12H2,1H3/b11-9+. The molecule has 0 saturated carbocycles. The second kappa shape index (κ2) is 8.17. The first-order valence-electron chi connectivity index (χ1n) is 7.57. The maximum atomic E-state index is 12.2. The number of rotatable bonds is 7. The van der Waals surface area contributed by atoms with Gasteiger partial charge in [-0.1, -0.05) is 36.4 Å². The Morgan fingerprint density at radius 2 is 1.81 bits per heavy atom. The Bertz CT molecular complexity index is 1060. The van der Waals surface area contributed by atoms with E-state index in [1.807, 2.05) is 6.07 Å². The van der Waals surface area contributed by atoms with Gasteiger partial charge in [0.1, 0.15) is 6.07 Å². The molecule has 0 aliphatic heterocycles. The van der Waals surface area contributed by atoms with E-state index in [0.29, 0.717) is 5.56 Å². The Balaban J connectivity index is 2.08. The van der Waals surface area contributed by atoms with Crippen molar-refractivity contribution in [3.8, 4) is 11.8 Å². The normalized spacial score (nSPS) is 12.0. The van der Waals surface area contributed by atoms with Gasteiger partial charge in [-0.25, -0.2) is 8.42 Å². The number of hydrogen-bond acceptors (Lipinski definition) is 6. The molecule has 0 aromatic heterocycles. The first kappa shape index (κ1) is 19.7. The average molecular weight is 391 g/mol. The van der Waals surface area contributed by atoms with E-state index < -0.39 is 20.0 Å². The molecule has 0 N–H and O–H groups in total. The minimum atomic E-state index is -3.88. The van der Waals surface area contributed by atoms with Gasteiger partial charge in [0.25, 0.3) is 0 Å². The number of nitrogens with zero attached hydrogens (tertiary/aromatic N) is 1. The molecule has 0 amide bonds. The van der Waals surface area contributed by atoms with Crippen LogP contribution in [0.5, 0.6) is 5.75 Å². The van der Waals surface area contributed by atoms with Gasteiger partial charge in [0.05, 0.1) is 11.3 Å². The molecule has 0 bridgehead atoms. The third-order valence-electron chi connectivity index (χ3n) is 3.32. The lowest BCUT2D eigenvalue weighted by atomic mass is 10.1. The fourth-order valence-electron chi connectivity index (χ4n) is 2.11. The van der Waals surface area contributed by atoms with Crippen molar-refractivity contribution in [3.05, 3.63) is 70.6 Å². The molecule has 0 aliphatic carbocycles. The zero-order valence-corrected chi connectivity index (χ0v) is 15.6. The molecule has 2 aromatic rings. The molecule has 0 radical (unpaired) electrons. The summed E-state index contributed by atoms with van der Waals surface area (Å²) in [6.07, 6.45) is 2.74. The average Bonchev–Trinajstić information content (AvgIpc) is 2.58. The van der Waals surface area contributed by atoms with E-state index in [2.05, 4.69) is 0 Å². The van der Waals surface area contributed by atoms with E-state index in [9.17, 15) is 16.8 Å². The lowest BCUT2D eigenvalue weighted by Gasteiger charge is -2.08. The maximum absolute atomic E-state index is 12.2. The molecular weight excluding hydrogens is 374 g/mol. The highest BCUT2D eigenvalue weighted by molar-refractivity contribution is 7.93. The monoisotopic (exact) mass is 391 g/mol. The zero-order chi connectivity index (χ0) is 19.2. The van der Waals surface area contributed by atoms with Crippen LogP contribution in [0.15, 0.2) is 53.9 Å². The molecule has 26 heavy (non-hydrogen) atoms. The maximum Gasteiger partial charge on any atom is 0.309 e. The predicted molar refractivity (Wildman–Crippen MR) is 99.6 cm³/mol. The molecule has 0 unspecified atom stereocenters. The summed E-state index contributed by atoms with van der Waals surface area (Å²) in [7, 11) is -7.11. The van der Waals surface area contributed by atoms with Gasteiger partial charge < -0.3 is 4.18 Å². The van der Waals surface area contributed by atoms with Crippen LogP contribution in [0.2, 0.25) is 0 Å². The topological polar surface area (TPSA) is 101 Å². The Labute approximate surface area is 153 Å². The SMILES string of the molecule is CS(=O)(=O)/C=C/c1cccc(CCS(=O)(=O)Oc2ccccc2C#N)c1. The summed E-state index contributed by atoms with van der Waals surface area (Å²) < 4.78 is 51.7. The Kier molecular flexibility index (Phi) is 6.18. The van der Waals surface area contributed by atoms with Crippen LogP contribution in [0.4, 0.5) is 0 Å². The lowest BCUT2D eigenvalue weighted by molar-refractivity contribution is 0.485. The Morgan fingerprint density at radius 3 is 2.50 bits per heavy atom.